The zero-order chi connectivity index (χ0) is 18.2. The third kappa shape index (κ3) is 12.9. The molecular formula is C24H44BaO. The maximum atomic E-state index is 10.3. The number of unbranched alkanes of at least 4 members (excludes halogenated alkanes) is 12. The second-order valence-corrected chi connectivity index (χ2v) is 7.66. The molecule has 0 saturated heterocycles. The summed E-state index contributed by atoms with van der Waals surface area (Å²) < 4.78 is 0. The van der Waals surface area contributed by atoms with E-state index in [4.69, 9.17) is 0 Å². The molecule has 0 aliphatic heterocycles. The van der Waals surface area contributed by atoms with E-state index in [1.54, 1.807) is 0 Å². The number of hydrogen-bond donors (Lipinski definition) is 1. The summed E-state index contributed by atoms with van der Waals surface area (Å²) >= 11 is 0. The van der Waals surface area contributed by atoms with Crippen molar-refractivity contribution in [3.05, 3.63) is 29.3 Å². The zero-order valence-electron chi connectivity index (χ0n) is 17.0. The zero-order valence-corrected chi connectivity index (χ0v) is 17.0. The second-order valence-electron chi connectivity index (χ2n) is 7.66. The van der Waals surface area contributed by atoms with Crippen LogP contribution in [0.4, 0.5) is 0 Å². The van der Waals surface area contributed by atoms with Crippen molar-refractivity contribution in [3.8, 4) is 5.75 Å². The van der Waals surface area contributed by atoms with E-state index in [0.717, 1.165) is 12.8 Å². The topological polar surface area (TPSA) is 20.2 Å². The molecule has 0 radical (unpaired) electrons. The molecule has 0 saturated carbocycles. The minimum atomic E-state index is 0. The SMILES string of the molecule is CCCCCCCCCc1cccc(O)c1CCCCCCCCC.[BaH2]. The van der Waals surface area contributed by atoms with E-state index in [1.165, 1.54) is 101 Å². The van der Waals surface area contributed by atoms with Gasteiger partial charge < -0.3 is 5.11 Å². The molecule has 0 unspecified atom stereocenters. The van der Waals surface area contributed by atoms with Gasteiger partial charge in [-0.3, -0.25) is 0 Å². The Morgan fingerprint density at radius 2 is 1.08 bits per heavy atom. The summed E-state index contributed by atoms with van der Waals surface area (Å²) in [5.74, 6) is 0.520. The molecule has 0 aliphatic carbocycles. The van der Waals surface area contributed by atoms with E-state index in [1.807, 2.05) is 12.1 Å². The quantitative estimate of drug-likeness (QED) is 0.196. The number of hydrogen-bond acceptors (Lipinski definition) is 1. The third-order valence-corrected chi connectivity index (χ3v) is 5.33. The summed E-state index contributed by atoms with van der Waals surface area (Å²) in [4.78, 5) is 0. The van der Waals surface area contributed by atoms with Crippen LogP contribution in [0.1, 0.15) is 115 Å². The van der Waals surface area contributed by atoms with Crippen molar-refractivity contribution in [1.29, 1.82) is 0 Å². The number of aryl methyl sites for hydroxylation is 1. The Bertz CT molecular complexity index is 430. The van der Waals surface area contributed by atoms with Gasteiger partial charge in [-0.25, -0.2) is 0 Å². The van der Waals surface area contributed by atoms with Crippen LogP contribution in [0.25, 0.3) is 0 Å². The Hall–Kier alpha value is 0.591. The van der Waals surface area contributed by atoms with Gasteiger partial charge in [0.05, 0.1) is 0 Å². The first kappa shape index (κ1) is 26.6. The van der Waals surface area contributed by atoms with Crippen LogP contribution in [0.15, 0.2) is 18.2 Å². The summed E-state index contributed by atoms with van der Waals surface area (Å²) in [6.45, 7) is 4.54. The minimum absolute atomic E-state index is 0. The molecule has 1 aromatic carbocycles. The van der Waals surface area contributed by atoms with Crippen LogP contribution in [-0.2, 0) is 12.8 Å². The molecule has 0 spiro atoms. The first-order chi connectivity index (χ1) is 12.3. The Kier molecular flexibility index (Phi) is 19.4. The maximum absolute atomic E-state index is 10.3. The fraction of sp³-hybridized carbons (Fsp3) is 0.750. The average molecular weight is 486 g/mol. The van der Waals surface area contributed by atoms with Gasteiger partial charge in [0.1, 0.15) is 5.75 Å². The van der Waals surface area contributed by atoms with Crippen LogP contribution in [0.5, 0.6) is 5.75 Å². The fourth-order valence-electron chi connectivity index (χ4n) is 3.68. The van der Waals surface area contributed by atoms with Crippen LogP contribution >= 0.6 is 0 Å². The van der Waals surface area contributed by atoms with Crippen molar-refractivity contribution < 1.29 is 5.11 Å². The molecule has 2 heteroatoms. The summed E-state index contributed by atoms with van der Waals surface area (Å²) in [5, 5.41) is 10.3. The van der Waals surface area contributed by atoms with Crippen molar-refractivity contribution in [3.63, 3.8) is 0 Å². The van der Waals surface area contributed by atoms with Gasteiger partial charge in [0.15, 0.2) is 0 Å². The van der Waals surface area contributed by atoms with Gasteiger partial charge in [-0.1, -0.05) is 103 Å². The summed E-state index contributed by atoms with van der Waals surface area (Å²) in [7, 11) is 0. The summed E-state index contributed by atoms with van der Waals surface area (Å²) in [6, 6.07) is 6.11. The Balaban J connectivity index is 0.00000625. The summed E-state index contributed by atoms with van der Waals surface area (Å²) in [6.07, 6.45) is 21.0. The Morgan fingerprint density at radius 1 is 0.615 bits per heavy atom. The molecule has 1 rings (SSSR count). The number of phenolic OH excluding ortho intramolecular Hbond substituents is 1. The van der Waals surface area contributed by atoms with Gasteiger partial charge >= 0.3 is 48.9 Å². The molecule has 0 aliphatic rings. The first-order valence-corrected chi connectivity index (χ1v) is 11.1. The molecule has 1 nitrogen and oxygen atoms in total. The fourth-order valence-corrected chi connectivity index (χ4v) is 3.68. The van der Waals surface area contributed by atoms with Crippen LogP contribution in [0, 0.1) is 0 Å². The normalized spacial score (nSPS) is 10.7. The van der Waals surface area contributed by atoms with Gasteiger partial charge in [0, 0.05) is 0 Å². The Morgan fingerprint density at radius 3 is 1.62 bits per heavy atom. The molecule has 0 atom stereocenters. The van der Waals surface area contributed by atoms with Crippen LogP contribution < -0.4 is 0 Å². The number of phenols is 1. The van der Waals surface area contributed by atoms with Crippen molar-refractivity contribution in [2.75, 3.05) is 0 Å². The van der Waals surface area contributed by atoms with Gasteiger partial charge in [0.2, 0.25) is 0 Å². The monoisotopic (exact) mass is 486 g/mol. The molecule has 1 N–H and O–H groups in total. The van der Waals surface area contributed by atoms with Gasteiger partial charge in [-0.05, 0) is 42.9 Å². The average Bonchev–Trinajstić information content (AvgIpc) is 2.62. The van der Waals surface area contributed by atoms with Crippen LogP contribution in [0.2, 0.25) is 0 Å². The molecular weight excluding hydrogens is 442 g/mol. The van der Waals surface area contributed by atoms with E-state index in [0.29, 0.717) is 5.75 Å². The van der Waals surface area contributed by atoms with Crippen molar-refractivity contribution in [1.82, 2.24) is 0 Å². The number of aromatic hydroxyl groups is 1. The molecule has 0 aromatic heterocycles. The molecule has 0 bridgehead atoms. The standard InChI is InChI=1S/C24H42O.Ba.2H/c1-3-5-7-9-11-13-15-18-22-19-17-21-24(25)23(22)20-16-14-12-10-8-6-4-2;;;/h17,19,21,25H,3-16,18,20H2,1-2H3;;;. The van der Waals surface area contributed by atoms with Crippen molar-refractivity contribution in [2.45, 2.75) is 117 Å². The predicted molar refractivity (Wildman–Crippen MR) is 120 cm³/mol. The molecule has 1 aromatic rings. The number of rotatable bonds is 16. The second kappa shape index (κ2) is 18.9. The van der Waals surface area contributed by atoms with Crippen molar-refractivity contribution >= 4 is 48.9 Å². The van der Waals surface area contributed by atoms with Gasteiger partial charge in [-0.15, -0.1) is 0 Å². The Labute approximate surface area is 203 Å². The molecule has 0 fully saturated rings. The first-order valence-electron chi connectivity index (χ1n) is 11.1. The summed E-state index contributed by atoms with van der Waals surface area (Å²) in [5.41, 5.74) is 2.61. The van der Waals surface area contributed by atoms with E-state index >= 15 is 0 Å². The van der Waals surface area contributed by atoms with E-state index in [-0.39, 0.29) is 48.9 Å². The third-order valence-electron chi connectivity index (χ3n) is 5.33. The molecule has 26 heavy (non-hydrogen) atoms. The van der Waals surface area contributed by atoms with Crippen molar-refractivity contribution in [2.24, 2.45) is 0 Å². The van der Waals surface area contributed by atoms with E-state index in [9.17, 15) is 5.11 Å². The number of benzene rings is 1. The van der Waals surface area contributed by atoms with E-state index < -0.39 is 0 Å². The molecule has 148 valence electrons. The van der Waals surface area contributed by atoms with Gasteiger partial charge in [0.25, 0.3) is 0 Å². The van der Waals surface area contributed by atoms with Crippen LogP contribution in [0.3, 0.4) is 0 Å². The van der Waals surface area contributed by atoms with Crippen LogP contribution in [-0.4, -0.2) is 54.0 Å². The predicted octanol–water partition coefficient (Wildman–Crippen LogP) is 7.06. The van der Waals surface area contributed by atoms with Gasteiger partial charge in [-0.2, -0.15) is 0 Å². The van der Waals surface area contributed by atoms with E-state index in [2.05, 4.69) is 19.9 Å². The molecule has 0 amide bonds. The molecule has 0 heterocycles.